The lowest BCUT2D eigenvalue weighted by Crippen LogP contribution is -2.45. The molecule has 0 spiro atoms. The highest BCUT2D eigenvalue weighted by Crippen LogP contribution is 2.36. The van der Waals surface area contributed by atoms with Gasteiger partial charge < -0.3 is 15.0 Å². The Balaban J connectivity index is 1.67. The molecule has 0 saturated heterocycles. The highest BCUT2D eigenvalue weighted by atomic mass is 16.5. The van der Waals surface area contributed by atoms with E-state index in [0.717, 1.165) is 32.2 Å². The van der Waals surface area contributed by atoms with Crippen LogP contribution in [0.2, 0.25) is 0 Å². The van der Waals surface area contributed by atoms with Gasteiger partial charge >= 0.3 is 0 Å². The van der Waals surface area contributed by atoms with Crippen molar-refractivity contribution in [2.45, 2.75) is 51.9 Å². The van der Waals surface area contributed by atoms with E-state index in [1.54, 1.807) is 0 Å². The summed E-state index contributed by atoms with van der Waals surface area (Å²) in [6.07, 6.45) is 9.83. The van der Waals surface area contributed by atoms with Crippen LogP contribution in [-0.2, 0) is 4.74 Å². The van der Waals surface area contributed by atoms with Crippen molar-refractivity contribution in [1.29, 1.82) is 0 Å². The van der Waals surface area contributed by atoms with Gasteiger partial charge in [-0.15, -0.1) is 0 Å². The van der Waals surface area contributed by atoms with Gasteiger partial charge in [0.15, 0.2) is 0 Å². The highest BCUT2D eigenvalue weighted by molar-refractivity contribution is 4.87. The molecule has 118 valence electrons. The van der Waals surface area contributed by atoms with Crippen LogP contribution in [0.4, 0.5) is 0 Å². The first-order valence-electron chi connectivity index (χ1n) is 8.71. The molecule has 0 radical (unpaired) electrons. The molecule has 0 amide bonds. The van der Waals surface area contributed by atoms with Crippen molar-refractivity contribution in [3.63, 3.8) is 0 Å². The van der Waals surface area contributed by atoms with E-state index in [-0.39, 0.29) is 0 Å². The summed E-state index contributed by atoms with van der Waals surface area (Å²) in [4.78, 5) is 2.50. The fourth-order valence-corrected chi connectivity index (χ4v) is 3.49. The highest BCUT2D eigenvalue weighted by Gasteiger charge is 2.32. The lowest BCUT2D eigenvalue weighted by atomic mass is 9.73. The van der Waals surface area contributed by atoms with E-state index in [1.165, 1.54) is 58.0 Å². The van der Waals surface area contributed by atoms with Crippen molar-refractivity contribution < 1.29 is 4.74 Å². The summed E-state index contributed by atoms with van der Waals surface area (Å²) in [5.41, 5.74) is 0.513. The molecule has 0 aromatic heterocycles. The molecule has 0 aromatic rings. The average molecular weight is 282 g/mol. The third kappa shape index (κ3) is 5.71. The molecule has 2 aliphatic rings. The molecule has 20 heavy (non-hydrogen) atoms. The van der Waals surface area contributed by atoms with Crippen LogP contribution >= 0.6 is 0 Å². The molecular formula is C17H34N2O. The van der Waals surface area contributed by atoms with Gasteiger partial charge in [0.2, 0.25) is 0 Å². The number of nitrogens with zero attached hydrogens (tertiary/aromatic N) is 1. The standard InChI is InChI=1S/C17H34N2O/c1-3-18-14-17(9-5-4-6-10-17)15-19(2)11-12-20-13-16-7-8-16/h16,18H,3-15H2,1-2H3. The van der Waals surface area contributed by atoms with Gasteiger partial charge in [0.05, 0.1) is 6.61 Å². The summed E-state index contributed by atoms with van der Waals surface area (Å²) in [6, 6.07) is 0. The second-order valence-electron chi connectivity index (χ2n) is 7.10. The fraction of sp³-hybridized carbons (Fsp3) is 1.00. The van der Waals surface area contributed by atoms with Crippen molar-refractivity contribution in [2.75, 3.05) is 46.4 Å². The third-order valence-electron chi connectivity index (χ3n) is 4.94. The van der Waals surface area contributed by atoms with Crippen LogP contribution < -0.4 is 5.32 Å². The number of nitrogens with one attached hydrogen (secondary N) is 1. The molecule has 3 nitrogen and oxygen atoms in total. The molecule has 0 bridgehead atoms. The quantitative estimate of drug-likeness (QED) is 0.624. The second kappa shape index (κ2) is 8.35. The minimum Gasteiger partial charge on any atom is -0.380 e. The maximum atomic E-state index is 5.77. The van der Waals surface area contributed by atoms with E-state index >= 15 is 0 Å². The topological polar surface area (TPSA) is 24.5 Å². The van der Waals surface area contributed by atoms with Gasteiger partial charge in [0.1, 0.15) is 0 Å². The molecule has 0 atom stereocenters. The summed E-state index contributed by atoms with van der Waals surface area (Å²) in [5.74, 6) is 0.888. The Labute approximate surface area is 125 Å². The normalized spacial score (nSPS) is 22.4. The van der Waals surface area contributed by atoms with Crippen LogP contribution in [0.25, 0.3) is 0 Å². The van der Waals surface area contributed by atoms with Crippen LogP contribution in [0, 0.1) is 11.3 Å². The van der Waals surface area contributed by atoms with E-state index in [0.29, 0.717) is 5.41 Å². The Kier molecular flexibility index (Phi) is 6.79. The van der Waals surface area contributed by atoms with Crippen LogP contribution in [-0.4, -0.2) is 51.3 Å². The average Bonchev–Trinajstić information content (AvgIpc) is 3.27. The molecule has 3 heteroatoms. The van der Waals surface area contributed by atoms with Crippen molar-refractivity contribution in [2.24, 2.45) is 11.3 Å². The molecule has 2 fully saturated rings. The van der Waals surface area contributed by atoms with Gasteiger partial charge in [0, 0.05) is 26.2 Å². The van der Waals surface area contributed by atoms with Gasteiger partial charge in [-0.3, -0.25) is 0 Å². The number of likely N-dealkylation sites (N-methyl/N-ethyl adjacent to an activating group) is 1. The van der Waals surface area contributed by atoms with Gasteiger partial charge in [0.25, 0.3) is 0 Å². The predicted octanol–water partition coefficient (Wildman–Crippen LogP) is 2.90. The molecule has 2 aliphatic carbocycles. The first-order valence-corrected chi connectivity index (χ1v) is 8.71. The summed E-state index contributed by atoms with van der Waals surface area (Å²) >= 11 is 0. The Morgan fingerprint density at radius 3 is 2.60 bits per heavy atom. The van der Waals surface area contributed by atoms with Crippen LogP contribution in [0.3, 0.4) is 0 Å². The fourth-order valence-electron chi connectivity index (χ4n) is 3.49. The minimum atomic E-state index is 0.513. The van der Waals surface area contributed by atoms with Crippen molar-refractivity contribution in [3.05, 3.63) is 0 Å². The number of ether oxygens (including phenoxy) is 1. The zero-order chi connectivity index (χ0) is 14.3. The van der Waals surface area contributed by atoms with Crippen molar-refractivity contribution in [3.8, 4) is 0 Å². The Bertz CT molecular complexity index is 260. The molecule has 0 unspecified atom stereocenters. The summed E-state index contributed by atoms with van der Waals surface area (Å²) in [6.45, 7) is 8.72. The first-order chi connectivity index (χ1) is 9.74. The van der Waals surface area contributed by atoms with Gasteiger partial charge in [-0.25, -0.2) is 0 Å². The molecule has 2 saturated carbocycles. The largest absolute Gasteiger partial charge is 0.380 e. The zero-order valence-corrected chi connectivity index (χ0v) is 13.6. The lowest BCUT2D eigenvalue weighted by Gasteiger charge is -2.40. The van der Waals surface area contributed by atoms with Crippen molar-refractivity contribution in [1.82, 2.24) is 10.2 Å². The molecule has 2 rings (SSSR count). The van der Waals surface area contributed by atoms with E-state index < -0.39 is 0 Å². The molecule has 0 heterocycles. The third-order valence-corrected chi connectivity index (χ3v) is 4.94. The second-order valence-corrected chi connectivity index (χ2v) is 7.10. The number of hydrogen-bond donors (Lipinski definition) is 1. The van der Waals surface area contributed by atoms with E-state index in [2.05, 4.69) is 24.2 Å². The Hall–Kier alpha value is -0.120. The maximum absolute atomic E-state index is 5.77. The van der Waals surface area contributed by atoms with E-state index in [9.17, 15) is 0 Å². The molecular weight excluding hydrogens is 248 g/mol. The molecule has 1 N–H and O–H groups in total. The maximum Gasteiger partial charge on any atom is 0.0593 e. The monoisotopic (exact) mass is 282 g/mol. The molecule has 0 aromatic carbocycles. The van der Waals surface area contributed by atoms with E-state index in [4.69, 9.17) is 4.74 Å². The molecule has 0 aliphatic heterocycles. The van der Waals surface area contributed by atoms with Crippen LogP contribution in [0.5, 0.6) is 0 Å². The lowest BCUT2D eigenvalue weighted by molar-refractivity contribution is 0.0729. The SMILES string of the molecule is CCNCC1(CN(C)CCOCC2CC2)CCCCC1. The number of rotatable bonds is 10. The zero-order valence-electron chi connectivity index (χ0n) is 13.6. The summed E-state index contributed by atoms with van der Waals surface area (Å²) in [7, 11) is 2.27. The van der Waals surface area contributed by atoms with Crippen molar-refractivity contribution >= 4 is 0 Å². The first kappa shape index (κ1) is 16.3. The van der Waals surface area contributed by atoms with Crippen LogP contribution in [0.1, 0.15) is 51.9 Å². The summed E-state index contributed by atoms with van der Waals surface area (Å²) in [5, 5.41) is 3.60. The number of hydrogen-bond acceptors (Lipinski definition) is 3. The van der Waals surface area contributed by atoms with Gasteiger partial charge in [-0.05, 0) is 50.6 Å². The minimum absolute atomic E-state index is 0.513. The van der Waals surface area contributed by atoms with Gasteiger partial charge in [-0.1, -0.05) is 26.2 Å². The predicted molar refractivity (Wildman–Crippen MR) is 85.1 cm³/mol. The smallest absolute Gasteiger partial charge is 0.0593 e. The summed E-state index contributed by atoms with van der Waals surface area (Å²) < 4.78 is 5.77. The van der Waals surface area contributed by atoms with E-state index in [1.807, 2.05) is 0 Å². The Morgan fingerprint density at radius 1 is 1.20 bits per heavy atom. The Morgan fingerprint density at radius 2 is 1.95 bits per heavy atom. The van der Waals surface area contributed by atoms with Crippen LogP contribution in [0.15, 0.2) is 0 Å². The van der Waals surface area contributed by atoms with Gasteiger partial charge in [-0.2, -0.15) is 0 Å².